The number of hydrogen-bond donors (Lipinski definition) is 0. The Labute approximate surface area is 120 Å². The summed E-state index contributed by atoms with van der Waals surface area (Å²) in [5.41, 5.74) is 0.761. The monoisotopic (exact) mass is 280 g/mol. The summed E-state index contributed by atoms with van der Waals surface area (Å²) < 4.78 is 5.08. The van der Waals surface area contributed by atoms with Gasteiger partial charge in [0.2, 0.25) is 5.12 Å². The maximum Gasteiger partial charge on any atom is 0.219 e. The first-order valence-corrected chi connectivity index (χ1v) is 8.07. The lowest BCUT2D eigenvalue weighted by molar-refractivity contribution is 0.108. The minimum Gasteiger partial charge on any atom is -0.497 e. The smallest absolute Gasteiger partial charge is 0.219 e. The SMILES string of the molecule is CCCCCCCCSC(=O)c1ccc(OC)cc1. The molecular weight excluding hydrogens is 256 g/mol. The Bertz CT molecular complexity index is 360. The normalized spacial score (nSPS) is 10.4. The van der Waals surface area contributed by atoms with Gasteiger partial charge in [0.05, 0.1) is 7.11 Å². The highest BCUT2D eigenvalue weighted by molar-refractivity contribution is 8.14. The van der Waals surface area contributed by atoms with Gasteiger partial charge in [0.25, 0.3) is 0 Å². The van der Waals surface area contributed by atoms with Crippen molar-refractivity contribution in [2.45, 2.75) is 45.4 Å². The van der Waals surface area contributed by atoms with Gasteiger partial charge in [-0.2, -0.15) is 0 Å². The predicted octanol–water partition coefficient (Wildman–Crippen LogP) is 4.93. The molecule has 1 aromatic rings. The van der Waals surface area contributed by atoms with Gasteiger partial charge in [0, 0.05) is 11.3 Å². The molecule has 1 aromatic carbocycles. The van der Waals surface area contributed by atoms with E-state index in [9.17, 15) is 4.79 Å². The molecule has 0 aliphatic rings. The number of hydrogen-bond acceptors (Lipinski definition) is 3. The van der Waals surface area contributed by atoms with E-state index in [1.54, 1.807) is 7.11 Å². The Hall–Kier alpha value is -0.960. The molecule has 2 nitrogen and oxygen atoms in total. The van der Waals surface area contributed by atoms with Crippen LogP contribution in [0.1, 0.15) is 55.8 Å². The molecule has 0 aliphatic heterocycles. The molecule has 0 heterocycles. The van der Waals surface area contributed by atoms with Crippen LogP contribution in [0.2, 0.25) is 0 Å². The van der Waals surface area contributed by atoms with Gasteiger partial charge in [-0.05, 0) is 30.7 Å². The Kier molecular flexibility index (Phi) is 8.39. The molecule has 0 amide bonds. The van der Waals surface area contributed by atoms with E-state index < -0.39 is 0 Å². The molecule has 3 heteroatoms. The summed E-state index contributed by atoms with van der Waals surface area (Å²) in [4.78, 5) is 11.9. The lowest BCUT2D eigenvalue weighted by atomic mass is 10.1. The lowest BCUT2D eigenvalue weighted by Gasteiger charge is -2.03. The lowest BCUT2D eigenvalue weighted by Crippen LogP contribution is -1.95. The number of ether oxygens (including phenoxy) is 1. The second-order valence-corrected chi connectivity index (χ2v) is 5.70. The number of carbonyl (C=O) groups excluding carboxylic acids is 1. The summed E-state index contributed by atoms with van der Waals surface area (Å²) >= 11 is 1.43. The van der Waals surface area contributed by atoms with Crippen LogP contribution >= 0.6 is 11.8 Å². The Morgan fingerprint density at radius 3 is 2.32 bits per heavy atom. The molecule has 106 valence electrons. The second kappa shape index (κ2) is 9.90. The van der Waals surface area contributed by atoms with Crippen molar-refractivity contribution in [3.05, 3.63) is 29.8 Å². The summed E-state index contributed by atoms with van der Waals surface area (Å²) in [6, 6.07) is 7.32. The Balaban J connectivity index is 2.16. The number of thioether (sulfide) groups is 1. The van der Waals surface area contributed by atoms with Crippen LogP contribution in [0, 0.1) is 0 Å². The van der Waals surface area contributed by atoms with Gasteiger partial charge in [0.1, 0.15) is 5.75 Å². The van der Waals surface area contributed by atoms with Crippen molar-refractivity contribution >= 4 is 16.9 Å². The molecule has 0 N–H and O–H groups in total. The largest absolute Gasteiger partial charge is 0.497 e. The molecule has 0 saturated carbocycles. The zero-order valence-corrected chi connectivity index (χ0v) is 12.8. The van der Waals surface area contributed by atoms with Gasteiger partial charge in [0.15, 0.2) is 0 Å². The highest BCUT2D eigenvalue weighted by atomic mass is 32.2. The third-order valence-electron chi connectivity index (χ3n) is 3.06. The molecule has 0 unspecified atom stereocenters. The number of unbranched alkanes of at least 4 members (excludes halogenated alkanes) is 5. The van der Waals surface area contributed by atoms with Crippen LogP contribution in [-0.4, -0.2) is 18.0 Å². The maximum atomic E-state index is 11.9. The first kappa shape index (κ1) is 16.1. The van der Waals surface area contributed by atoms with E-state index in [1.165, 1.54) is 43.9 Å². The number of benzene rings is 1. The van der Waals surface area contributed by atoms with Gasteiger partial charge in [-0.15, -0.1) is 0 Å². The van der Waals surface area contributed by atoms with E-state index in [0.717, 1.165) is 23.5 Å². The van der Waals surface area contributed by atoms with Crippen LogP contribution in [0.3, 0.4) is 0 Å². The van der Waals surface area contributed by atoms with E-state index in [1.807, 2.05) is 24.3 Å². The predicted molar refractivity (Wildman–Crippen MR) is 83.2 cm³/mol. The van der Waals surface area contributed by atoms with Gasteiger partial charge in [-0.1, -0.05) is 50.8 Å². The average molecular weight is 280 g/mol. The fourth-order valence-corrected chi connectivity index (χ4v) is 2.69. The summed E-state index contributed by atoms with van der Waals surface area (Å²) in [6.07, 6.45) is 7.61. The fourth-order valence-electron chi connectivity index (χ4n) is 1.86. The minimum atomic E-state index is 0.163. The molecule has 0 atom stereocenters. The van der Waals surface area contributed by atoms with Crippen molar-refractivity contribution in [2.75, 3.05) is 12.9 Å². The molecule has 0 radical (unpaired) electrons. The molecule has 0 bridgehead atoms. The minimum absolute atomic E-state index is 0.163. The number of methoxy groups -OCH3 is 1. The van der Waals surface area contributed by atoms with Crippen LogP contribution in [0.4, 0.5) is 0 Å². The van der Waals surface area contributed by atoms with Crippen LogP contribution in [-0.2, 0) is 0 Å². The van der Waals surface area contributed by atoms with Crippen LogP contribution < -0.4 is 4.74 Å². The zero-order chi connectivity index (χ0) is 13.9. The standard InChI is InChI=1S/C16H24O2S/c1-3-4-5-6-7-8-13-19-16(17)14-9-11-15(18-2)12-10-14/h9-12H,3-8,13H2,1-2H3. The van der Waals surface area contributed by atoms with E-state index in [0.29, 0.717) is 0 Å². The quantitative estimate of drug-likeness (QED) is 0.600. The van der Waals surface area contributed by atoms with Gasteiger partial charge < -0.3 is 4.74 Å². The third-order valence-corrected chi connectivity index (χ3v) is 4.05. The first-order valence-electron chi connectivity index (χ1n) is 7.09. The molecule has 1 rings (SSSR count). The highest BCUT2D eigenvalue weighted by Crippen LogP contribution is 2.18. The maximum absolute atomic E-state index is 11.9. The highest BCUT2D eigenvalue weighted by Gasteiger charge is 2.06. The summed E-state index contributed by atoms with van der Waals surface area (Å²) in [5, 5.41) is 0.163. The van der Waals surface area contributed by atoms with E-state index in [4.69, 9.17) is 4.74 Å². The molecule has 0 saturated heterocycles. The van der Waals surface area contributed by atoms with Crippen LogP contribution in [0.15, 0.2) is 24.3 Å². The molecule has 0 spiro atoms. The van der Waals surface area contributed by atoms with E-state index in [2.05, 4.69) is 6.92 Å². The van der Waals surface area contributed by atoms with Crippen molar-refractivity contribution in [1.82, 2.24) is 0 Å². The zero-order valence-electron chi connectivity index (χ0n) is 12.0. The van der Waals surface area contributed by atoms with Crippen molar-refractivity contribution in [3.63, 3.8) is 0 Å². The van der Waals surface area contributed by atoms with Crippen molar-refractivity contribution in [2.24, 2.45) is 0 Å². The molecule has 0 aromatic heterocycles. The second-order valence-electron chi connectivity index (χ2n) is 4.63. The van der Waals surface area contributed by atoms with Gasteiger partial charge >= 0.3 is 0 Å². The summed E-state index contributed by atoms with van der Waals surface area (Å²) in [5.74, 6) is 1.72. The summed E-state index contributed by atoms with van der Waals surface area (Å²) in [7, 11) is 1.63. The molecular formula is C16H24O2S. The third kappa shape index (κ3) is 6.67. The Morgan fingerprint density at radius 2 is 1.68 bits per heavy atom. The Morgan fingerprint density at radius 1 is 1.05 bits per heavy atom. The molecule has 19 heavy (non-hydrogen) atoms. The van der Waals surface area contributed by atoms with Crippen molar-refractivity contribution in [3.8, 4) is 5.75 Å². The topological polar surface area (TPSA) is 26.3 Å². The first-order chi connectivity index (χ1) is 9.27. The van der Waals surface area contributed by atoms with Gasteiger partial charge in [-0.25, -0.2) is 0 Å². The van der Waals surface area contributed by atoms with E-state index >= 15 is 0 Å². The molecule has 0 aliphatic carbocycles. The summed E-state index contributed by atoms with van der Waals surface area (Å²) in [6.45, 7) is 2.23. The van der Waals surface area contributed by atoms with Crippen molar-refractivity contribution < 1.29 is 9.53 Å². The molecule has 0 fully saturated rings. The fraction of sp³-hybridized carbons (Fsp3) is 0.562. The van der Waals surface area contributed by atoms with Gasteiger partial charge in [-0.3, -0.25) is 4.79 Å². The van der Waals surface area contributed by atoms with E-state index in [-0.39, 0.29) is 5.12 Å². The average Bonchev–Trinajstić information content (AvgIpc) is 2.46. The van der Waals surface area contributed by atoms with Crippen molar-refractivity contribution in [1.29, 1.82) is 0 Å². The number of carbonyl (C=O) groups is 1. The van der Waals surface area contributed by atoms with Crippen LogP contribution in [0.25, 0.3) is 0 Å². The number of rotatable bonds is 9. The van der Waals surface area contributed by atoms with Crippen LogP contribution in [0.5, 0.6) is 5.75 Å².